The summed E-state index contributed by atoms with van der Waals surface area (Å²) in [6.45, 7) is -0.482. The zero-order valence-corrected chi connectivity index (χ0v) is 9.51. The molecule has 0 aliphatic heterocycles. The lowest BCUT2D eigenvalue weighted by molar-refractivity contribution is 0.427. The third-order valence-electron chi connectivity index (χ3n) is 2.64. The van der Waals surface area contributed by atoms with Crippen LogP contribution in [0.15, 0.2) is 48.8 Å². The van der Waals surface area contributed by atoms with Crippen LogP contribution in [0, 0.1) is 0 Å². The van der Waals surface area contributed by atoms with Crippen molar-refractivity contribution < 1.29 is 4.39 Å². The molecule has 0 saturated heterocycles. The molecule has 3 heteroatoms. The van der Waals surface area contributed by atoms with Crippen molar-refractivity contribution in [3.05, 3.63) is 54.4 Å². The predicted molar refractivity (Wildman–Crippen MR) is 67.3 cm³/mol. The molecule has 0 aliphatic carbocycles. The summed E-state index contributed by atoms with van der Waals surface area (Å²) >= 11 is 0. The summed E-state index contributed by atoms with van der Waals surface area (Å²) in [6.07, 6.45) is 4.14. The predicted octanol–water partition coefficient (Wildman–Crippen LogP) is 2.59. The van der Waals surface area contributed by atoms with Gasteiger partial charge in [0.15, 0.2) is 0 Å². The number of pyridine rings is 1. The van der Waals surface area contributed by atoms with E-state index in [9.17, 15) is 4.39 Å². The van der Waals surface area contributed by atoms with E-state index < -0.39 is 12.7 Å². The Morgan fingerprint density at radius 2 is 1.88 bits per heavy atom. The largest absolute Gasteiger partial charge is 0.325 e. The van der Waals surface area contributed by atoms with Gasteiger partial charge in [0, 0.05) is 18.4 Å². The van der Waals surface area contributed by atoms with Crippen molar-refractivity contribution in [2.45, 2.75) is 12.5 Å². The number of nitrogens with zero attached hydrogens (tertiary/aromatic N) is 1. The first-order chi connectivity index (χ1) is 8.29. The summed E-state index contributed by atoms with van der Waals surface area (Å²) in [5.41, 5.74) is 8.81. The second kappa shape index (κ2) is 5.55. The van der Waals surface area contributed by atoms with Crippen molar-refractivity contribution in [3.63, 3.8) is 0 Å². The minimum Gasteiger partial charge on any atom is -0.325 e. The number of alkyl halides is 1. The Morgan fingerprint density at radius 1 is 1.12 bits per heavy atom. The topological polar surface area (TPSA) is 38.9 Å². The van der Waals surface area contributed by atoms with Crippen LogP contribution in [0.4, 0.5) is 4.39 Å². The average Bonchev–Trinajstić information content (AvgIpc) is 2.40. The second-order valence-corrected chi connectivity index (χ2v) is 4.06. The van der Waals surface area contributed by atoms with Gasteiger partial charge in [-0.2, -0.15) is 0 Å². The molecule has 0 amide bonds. The molecule has 0 unspecified atom stereocenters. The minimum atomic E-state index is -0.482. The maximum absolute atomic E-state index is 12.3. The molecule has 0 bridgehead atoms. The van der Waals surface area contributed by atoms with Gasteiger partial charge in [0.05, 0.1) is 0 Å². The summed E-state index contributed by atoms with van der Waals surface area (Å²) < 4.78 is 12.3. The zero-order chi connectivity index (χ0) is 12.1. The summed E-state index contributed by atoms with van der Waals surface area (Å²) in [5, 5.41) is 0. The van der Waals surface area contributed by atoms with Crippen molar-refractivity contribution in [3.8, 4) is 11.1 Å². The Morgan fingerprint density at radius 3 is 2.47 bits per heavy atom. The van der Waals surface area contributed by atoms with E-state index in [0.717, 1.165) is 16.7 Å². The van der Waals surface area contributed by atoms with Crippen molar-refractivity contribution >= 4 is 0 Å². The van der Waals surface area contributed by atoms with Gasteiger partial charge in [-0.25, -0.2) is 4.39 Å². The van der Waals surface area contributed by atoms with Gasteiger partial charge in [0.2, 0.25) is 0 Å². The fraction of sp³-hybridized carbons (Fsp3) is 0.214. The van der Waals surface area contributed by atoms with Gasteiger partial charge in [0.25, 0.3) is 0 Å². The highest BCUT2D eigenvalue weighted by Gasteiger charge is 2.03. The van der Waals surface area contributed by atoms with Gasteiger partial charge in [0.1, 0.15) is 6.67 Å². The monoisotopic (exact) mass is 230 g/mol. The number of aromatic nitrogens is 1. The highest BCUT2D eigenvalue weighted by atomic mass is 19.1. The Hall–Kier alpha value is -1.74. The van der Waals surface area contributed by atoms with Crippen molar-refractivity contribution in [1.82, 2.24) is 4.98 Å². The second-order valence-electron chi connectivity index (χ2n) is 4.06. The molecule has 88 valence electrons. The van der Waals surface area contributed by atoms with Gasteiger partial charge >= 0.3 is 0 Å². The van der Waals surface area contributed by atoms with E-state index in [0.29, 0.717) is 6.42 Å². The van der Waals surface area contributed by atoms with Gasteiger partial charge < -0.3 is 5.73 Å². The molecule has 0 fully saturated rings. The van der Waals surface area contributed by atoms with Gasteiger partial charge in [-0.05, 0) is 29.2 Å². The summed E-state index contributed by atoms with van der Waals surface area (Å²) in [7, 11) is 0. The molecular weight excluding hydrogens is 215 g/mol. The van der Waals surface area contributed by atoms with Crippen molar-refractivity contribution in [2.24, 2.45) is 5.73 Å². The number of hydrogen-bond acceptors (Lipinski definition) is 2. The van der Waals surface area contributed by atoms with Crippen LogP contribution in [-0.2, 0) is 6.42 Å². The third kappa shape index (κ3) is 3.11. The van der Waals surface area contributed by atoms with Crippen LogP contribution in [0.1, 0.15) is 5.56 Å². The first-order valence-electron chi connectivity index (χ1n) is 5.60. The Balaban J connectivity index is 2.13. The fourth-order valence-electron chi connectivity index (χ4n) is 1.72. The van der Waals surface area contributed by atoms with Crippen LogP contribution in [0.5, 0.6) is 0 Å². The highest BCUT2D eigenvalue weighted by Crippen LogP contribution is 2.18. The minimum absolute atomic E-state index is 0.403. The molecule has 1 atom stereocenters. The Bertz CT molecular complexity index is 453. The lowest BCUT2D eigenvalue weighted by Gasteiger charge is -2.07. The van der Waals surface area contributed by atoms with E-state index in [-0.39, 0.29) is 0 Å². The number of nitrogens with two attached hydrogens (primary N) is 1. The maximum atomic E-state index is 12.3. The molecule has 1 aromatic heterocycles. The van der Waals surface area contributed by atoms with Crippen LogP contribution in [0.3, 0.4) is 0 Å². The van der Waals surface area contributed by atoms with Gasteiger partial charge in [-0.1, -0.05) is 30.3 Å². The van der Waals surface area contributed by atoms with Gasteiger partial charge in [-0.15, -0.1) is 0 Å². The number of halogens is 1. The van der Waals surface area contributed by atoms with Gasteiger partial charge in [-0.3, -0.25) is 4.98 Å². The Kier molecular flexibility index (Phi) is 3.83. The zero-order valence-electron chi connectivity index (χ0n) is 9.51. The molecule has 2 N–H and O–H groups in total. The quantitative estimate of drug-likeness (QED) is 0.876. The first kappa shape index (κ1) is 11.7. The standard InChI is InChI=1S/C14H15FN2/c15-9-14(16)8-11-3-5-12(6-4-11)13-2-1-7-17-10-13/h1-7,10,14H,8-9,16H2/t14-/m0/s1. The summed E-state index contributed by atoms with van der Waals surface area (Å²) in [4.78, 5) is 4.08. The molecule has 2 aromatic rings. The van der Waals surface area contributed by atoms with Crippen LogP contribution in [-0.4, -0.2) is 17.7 Å². The number of hydrogen-bond donors (Lipinski definition) is 1. The van der Waals surface area contributed by atoms with E-state index in [1.165, 1.54) is 0 Å². The van der Waals surface area contributed by atoms with Crippen molar-refractivity contribution in [2.75, 3.05) is 6.67 Å². The van der Waals surface area contributed by atoms with Crippen LogP contribution >= 0.6 is 0 Å². The lowest BCUT2D eigenvalue weighted by Crippen LogP contribution is -2.24. The first-order valence-corrected chi connectivity index (χ1v) is 5.60. The van der Waals surface area contributed by atoms with Crippen LogP contribution < -0.4 is 5.73 Å². The van der Waals surface area contributed by atoms with E-state index in [1.807, 2.05) is 42.6 Å². The molecular formula is C14H15FN2. The van der Waals surface area contributed by atoms with Crippen LogP contribution in [0.2, 0.25) is 0 Å². The molecule has 0 radical (unpaired) electrons. The average molecular weight is 230 g/mol. The van der Waals surface area contributed by atoms with E-state index in [2.05, 4.69) is 4.98 Å². The molecule has 0 saturated carbocycles. The van der Waals surface area contributed by atoms with E-state index >= 15 is 0 Å². The molecule has 2 rings (SSSR count). The van der Waals surface area contributed by atoms with E-state index in [4.69, 9.17) is 5.73 Å². The van der Waals surface area contributed by atoms with Crippen molar-refractivity contribution in [1.29, 1.82) is 0 Å². The summed E-state index contributed by atoms with van der Waals surface area (Å²) in [5.74, 6) is 0. The normalized spacial score (nSPS) is 12.4. The molecule has 0 aliphatic rings. The molecule has 17 heavy (non-hydrogen) atoms. The fourth-order valence-corrected chi connectivity index (χ4v) is 1.72. The maximum Gasteiger partial charge on any atom is 0.105 e. The molecule has 1 aromatic carbocycles. The highest BCUT2D eigenvalue weighted by molar-refractivity contribution is 5.62. The lowest BCUT2D eigenvalue weighted by atomic mass is 10.0. The number of rotatable bonds is 4. The smallest absolute Gasteiger partial charge is 0.105 e. The SMILES string of the molecule is N[C@H](CF)Cc1ccc(-c2cccnc2)cc1. The Labute approximate surface area is 100 Å². The third-order valence-corrected chi connectivity index (χ3v) is 2.64. The molecule has 1 heterocycles. The van der Waals surface area contributed by atoms with E-state index in [1.54, 1.807) is 6.20 Å². The summed E-state index contributed by atoms with van der Waals surface area (Å²) in [6, 6.07) is 11.5. The molecule has 0 spiro atoms. The molecule has 2 nitrogen and oxygen atoms in total. The van der Waals surface area contributed by atoms with Crippen LogP contribution in [0.25, 0.3) is 11.1 Å². The number of benzene rings is 1.